The highest BCUT2D eigenvalue weighted by Gasteiger charge is 2.16. The third-order valence-electron chi connectivity index (χ3n) is 3.18. The number of hydrogen-bond donors (Lipinski definition) is 0. The molecular formula is C17H11F2NO4S2. The van der Waals surface area contributed by atoms with Crippen molar-refractivity contribution in [3.8, 4) is 15.6 Å². The number of hydrogen-bond acceptors (Lipinski definition) is 7. The second kappa shape index (κ2) is 8.15. The van der Waals surface area contributed by atoms with Crippen LogP contribution in [0.15, 0.2) is 47.2 Å². The van der Waals surface area contributed by atoms with Gasteiger partial charge in [0.2, 0.25) is 0 Å². The van der Waals surface area contributed by atoms with E-state index in [-0.39, 0.29) is 17.0 Å². The minimum absolute atomic E-state index is 0.0582. The summed E-state index contributed by atoms with van der Waals surface area (Å²) in [6, 6.07) is 8.92. The molecule has 0 fully saturated rings. The Balaban J connectivity index is 1.56. The fraction of sp³-hybridized carbons (Fsp3) is 0.118. The van der Waals surface area contributed by atoms with Crippen LogP contribution in [0.5, 0.6) is 5.75 Å². The van der Waals surface area contributed by atoms with Crippen molar-refractivity contribution in [3.05, 3.63) is 58.4 Å². The summed E-state index contributed by atoms with van der Waals surface area (Å²) in [4.78, 5) is 29.2. The number of thiophene rings is 1. The maximum Gasteiger partial charge on any atom is 0.387 e. The quantitative estimate of drug-likeness (QED) is 0.435. The van der Waals surface area contributed by atoms with E-state index in [1.54, 1.807) is 5.38 Å². The number of alkyl halides is 2. The molecule has 0 saturated carbocycles. The summed E-state index contributed by atoms with van der Waals surface area (Å²) in [6.45, 7) is -3.41. The number of ether oxygens (including phenoxy) is 2. The van der Waals surface area contributed by atoms with Gasteiger partial charge in [-0.05, 0) is 35.7 Å². The number of Topliss-reactive ketones (excluding diaryl/α,β-unsaturated/α-hetero) is 1. The van der Waals surface area contributed by atoms with E-state index in [4.69, 9.17) is 4.74 Å². The SMILES string of the molecule is O=C(COC(=O)c1csc(-c2cccs2)n1)c1ccc(OC(F)F)cc1. The second-order valence-corrected chi connectivity index (χ2v) is 6.72. The molecule has 0 aliphatic heterocycles. The fourth-order valence-corrected chi connectivity index (χ4v) is 3.59. The zero-order chi connectivity index (χ0) is 18.5. The third-order valence-corrected chi connectivity index (χ3v) is 5.06. The highest BCUT2D eigenvalue weighted by Crippen LogP contribution is 2.28. The van der Waals surface area contributed by atoms with Crippen molar-refractivity contribution in [3.63, 3.8) is 0 Å². The molecular weight excluding hydrogens is 384 g/mol. The van der Waals surface area contributed by atoms with Gasteiger partial charge in [0.05, 0.1) is 4.88 Å². The minimum Gasteiger partial charge on any atom is -0.453 e. The molecule has 0 aliphatic rings. The van der Waals surface area contributed by atoms with Gasteiger partial charge >= 0.3 is 12.6 Å². The Morgan fingerprint density at radius 3 is 2.54 bits per heavy atom. The van der Waals surface area contributed by atoms with E-state index in [2.05, 4.69) is 9.72 Å². The average Bonchev–Trinajstić information content (AvgIpc) is 3.30. The largest absolute Gasteiger partial charge is 0.453 e. The molecule has 134 valence electrons. The molecule has 0 atom stereocenters. The van der Waals surface area contributed by atoms with Crippen LogP contribution in [-0.2, 0) is 4.74 Å². The molecule has 9 heteroatoms. The van der Waals surface area contributed by atoms with Crippen LogP contribution in [-0.4, -0.2) is 30.0 Å². The zero-order valence-electron chi connectivity index (χ0n) is 13.1. The number of carbonyl (C=O) groups is 2. The summed E-state index contributed by atoms with van der Waals surface area (Å²) in [5, 5.41) is 4.18. The van der Waals surface area contributed by atoms with Crippen LogP contribution >= 0.6 is 22.7 Å². The summed E-state index contributed by atoms with van der Waals surface area (Å²) in [7, 11) is 0. The summed E-state index contributed by atoms with van der Waals surface area (Å²) >= 11 is 2.82. The van der Waals surface area contributed by atoms with Gasteiger partial charge in [-0.2, -0.15) is 8.78 Å². The molecule has 2 aromatic heterocycles. The monoisotopic (exact) mass is 395 g/mol. The van der Waals surface area contributed by atoms with Crippen molar-refractivity contribution < 1.29 is 27.8 Å². The average molecular weight is 395 g/mol. The van der Waals surface area contributed by atoms with Gasteiger partial charge in [0.15, 0.2) is 18.1 Å². The van der Waals surface area contributed by atoms with Gasteiger partial charge in [-0.25, -0.2) is 9.78 Å². The van der Waals surface area contributed by atoms with Gasteiger partial charge in [-0.3, -0.25) is 4.79 Å². The smallest absolute Gasteiger partial charge is 0.387 e. The third kappa shape index (κ3) is 4.50. The number of thiazole rings is 1. The molecule has 0 radical (unpaired) electrons. The van der Waals surface area contributed by atoms with Crippen molar-refractivity contribution in [2.45, 2.75) is 6.61 Å². The summed E-state index contributed by atoms with van der Waals surface area (Å²) in [5.41, 5.74) is 0.351. The van der Waals surface area contributed by atoms with E-state index < -0.39 is 25.0 Å². The molecule has 0 spiro atoms. The Kier molecular flexibility index (Phi) is 5.69. The lowest BCUT2D eigenvalue weighted by molar-refractivity contribution is -0.0498. The van der Waals surface area contributed by atoms with Crippen molar-refractivity contribution >= 4 is 34.4 Å². The van der Waals surface area contributed by atoms with Crippen molar-refractivity contribution in [2.75, 3.05) is 6.61 Å². The zero-order valence-corrected chi connectivity index (χ0v) is 14.7. The lowest BCUT2D eigenvalue weighted by atomic mass is 10.1. The van der Waals surface area contributed by atoms with Crippen LogP contribution in [0.1, 0.15) is 20.8 Å². The first-order valence-corrected chi connectivity index (χ1v) is 9.03. The number of aromatic nitrogens is 1. The summed E-state index contributed by atoms with van der Waals surface area (Å²) in [6.07, 6.45) is 0. The van der Waals surface area contributed by atoms with Crippen LogP contribution in [0.25, 0.3) is 9.88 Å². The molecule has 0 unspecified atom stereocenters. The number of carbonyl (C=O) groups excluding carboxylic acids is 2. The molecule has 5 nitrogen and oxygen atoms in total. The van der Waals surface area contributed by atoms with Gasteiger partial charge in [0.1, 0.15) is 10.8 Å². The van der Waals surface area contributed by atoms with E-state index in [0.29, 0.717) is 5.01 Å². The lowest BCUT2D eigenvalue weighted by Gasteiger charge is -2.06. The number of rotatable bonds is 7. The van der Waals surface area contributed by atoms with Gasteiger partial charge in [0, 0.05) is 10.9 Å². The Labute approximate surface area is 154 Å². The second-order valence-electron chi connectivity index (χ2n) is 4.92. The molecule has 0 N–H and O–H groups in total. The molecule has 0 bridgehead atoms. The first-order valence-electron chi connectivity index (χ1n) is 7.27. The Morgan fingerprint density at radius 1 is 1.12 bits per heavy atom. The van der Waals surface area contributed by atoms with E-state index in [9.17, 15) is 18.4 Å². The molecule has 3 aromatic rings. The van der Waals surface area contributed by atoms with Crippen LogP contribution < -0.4 is 4.74 Å². The topological polar surface area (TPSA) is 65.5 Å². The van der Waals surface area contributed by atoms with Crippen molar-refractivity contribution in [2.24, 2.45) is 0 Å². The number of halogens is 2. The van der Waals surface area contributed by atoms with Gasteiger partial charge in [-0.15, -0.1) is 22.7 Å². The van der Waals surface area contributed by atoms with E-state index in [1.807, 2.05) is 17.5 Å². The van der Waals surface area contributed by atoms with E-state index in [0.717, 1.165) is 4.88 Å². The first kappa shape index (κ1) is 18.2. The maximum atomic E-state index is 12.1. The maximum absolute atomic E-state index is 12.1. The van der Waals surface area contributed by atoms with Crippen LogP contribution in [0, 0.1) is 0 Å². The first-order chi connectivity index (χ1) is 12.5. The number of ketones is 1. The molecule has 0 aliphatic carbocycles. The van der Waals surface area contributed by atoms with Crippen LogP contribution in [0.2, 0.25) is 0 Å². The minimum atomic E-state index is -2.94. The standard InChI is InChI=1S/C17H11F2NO4S2/c18-17(19)24-11-5-3-10(4-6-11)13(21)8-23-16(22)12-9-26-15(20-12)14-2-1-7-25-14/h1-7,9,17H,8H2. The van der Waals surface area contributed by atoms with Gasteiger partial charge < -0.3 is 9.47 Å². The summed E-state index contributed by atoms with van der Waals surface area (Å²) in [5.74, 6) is -1.22. The van der Waals surface area contributed by atoms with E-state index in [1.165, 1.54) is 46.9 Å². The molecule has 3 rings (SSSR count). The number of esters is 1. The number of benzene rings is 1. The van der Waals surface area contributed by atoms with E-state index >= 15 is 0 Å². The normalized spacial score (nSPS) is 10.7. The van der Waals surface area contributed by atoms with Crippen molar-refractivity contribution in [1.29, 1.82) is 0 Å². The Bertz CT molecular complexity index is 892. The summed E-state index contributed by atoms with van der Waals surface area (Å²) < 4.78 is 33.4. The molecule has 0 amide bonds. The predicted molar refractivity (Wildman–Crippen MR) is 93.1 cm³/mol. The molecule has 1 aromatic carbocycles. The van der Waals surface area contributed by atoms with Crippen LogP contribution in [0.4, 0.5) is 8.78 Å². The fourth-order valence-electron chi connectivity index (χ4n) is 1.99. The van der Waals surface area contributed by atoms with Crippen molar-refractivity contribution in [1.82, 2.24) is 4.98 Å². The number of nitrogens with zero attached hydrogens (tertiary/aromatic N) is 1. The van der Waals surface area contributed by atoms with Crippen LogP contribution in [0.3, 0.4) is 0 Å². The highest BCUT2D eigenvalue weighted by atomic mass is 32.1. The van der Waals surface area contributed by atoms with Gasteiger partial charge in [-0.1, -0.05) is 6.07 Å². The Morgan fingerprint density at radius 2 is 1.88 bits per heavy atom. The molecule has 26 heavy (non-hydrogen) atoms. The Hall–Kier alpha value is -2.65. The highest BCUT2D eigenvalue weighted by molar-refractivity contribution is 7.20. The molecule has 2 heterocycles. The predicted octanol–water partition coefficient (Wildman–Crippen LogP) is 4.51. The van der Waals surface area contributed by atoms with Gasteiger partial charge in [0.25, 0.3) is 0 Å². The molecule has 0 saturated heterocycles. The lowest BCUT2D eigenvalue weighted by Crippen LogP contribution is -2.14.